The monoisotopic (exact) mass is 238 g/mol. The zero-order valence-corrected chi connectivity index (χ0v) is 9.25. The normalized spacial score (nSPS) is 11.6. The molecule has 0 heterocycles. The van der Waals surface area contributed by atoms with E-state index < -0.39 is 9.05 Å². The minimum absolute atomic E-state index is 0.227. The Kier molecular flexibility index (Phi) is 3.22. The van der Waals surface area contributed by atoms with E-state index in [0.717, 1.165) is 5.56 Å². The van der Waals surface area contributed by atoms with E-state index in [-0.39, 0.29) is 5.75 Å². The molecule has 0 fully saturated rings. The summed E-state index contributed by atoms with van der Waals surface area (Å²) in [6.07, 6.45) is 0. The van der Waals surface area contributed by atoms with Gasteiger partial charge in [0.25, 0.3) is 0 Å². The van der Waals surface area contributed by atoms with Crippen LogP contribution in [0.1, 0.15) is 11.1 Å². The van der Waals surface area contributed by atoms with Crippen molar-refractivity contribution in [3.63, 3.8) is 0 Å². The van der Waals surface area contributed by atoms with Crippen molar-refractivity contribution in [1.29, 1.82) is 0 Å². The predicted octanol–water partition coefficient (Wildman–Crippen LogP) is 2.72. The molecule has 13 heavy (non-hydrogen) atoms. The van der Waals surface area contributed by atoms with Crippen molar-refractivity contribution >= 4 is 31.3 Å². The van der Waals surface area contributed by atoms with Gasteiger partial charge in [-0.25, -0.2) is 8.42 Å². The first-order valence-electron chi connectivity index (χ1n) is 3.56. The number of halogens is 2. The average molecular weight is 239 g/mol. The smallest absolute Gasteiger partial charge is 0.212 e. The zero-order valence-electron chi connectivity index (χ0n) is 6.92. The first-order chi connectivity index (χ1) is 5.88. The van der Waals surface area contributed by atoms with Gasteiger partial charge in [-0.3, -0.25) is 0 Å². The minimum Gasteiger partial charge on any atom is -0.212 e. The van der Waals surface area contributed by atoms with Gasteiger partial charge in [0, 0.05) is 15.7 Å². The third-order valence-electron chi connectivity index (χ3n) is 1.53. The lowest BCUT2D eigenvalue weighted by atomic mass is 10.2. The van der Waals surface area contributed by atoms with Crippen LogP contribution in [0.5, 0.6) is 0 Å². The molecule has 0 saturated carbocycles. The second-order valence-corrected chi connectivity index (χ2v) is 5.96. The molecule has 0 aliphatic rings. The number of benzene rings is 1. The maximum absolute atomic E-state index is 10.8. The molecule has 1 aromatic rings. The first kappa shape index (κ1) is 10.8. The fourth-order valence-corrected chi connectivity index (χ4v) is 2.23. The van der Waals surface area contributed by atoms with Crippen LogP contribution in [0.3, 0.4) is 0 Å². The fourth-order valence-electron chi connectivity index (χ4n) is 1.000. The number of rotatable bonds is 2. The van der Waals surface area contributed by atoms with Crippen molar-refractivity contribution < 1.29 is 8.42 Å². The van der Waals surface area contributed by atoms with Crippen molar-refractivity contribution in [2.75, 3.05) is 0 Å². The fraction of sp³-hybridized carbons (Fsp3) is 0.250. The Hall–Kier alpha value is -0.250. The van der Waals surface area contributed by atoms with Crippen LogP contribution in [-0.4, -0.2) is 8.42 Å². The summed E-state index contributed by atoms with van der Waals surface area (Å²) >= 11 is 5.78. The molecule has 0 spiro atoms. The van der Waals surface area contributed by atoms with E-state index in [0.29, 0.717) is 10.6 Å². The average Bonchev–Trinajstić information content (AvgIpc) is 1.94. The second-order valence-electron chi connectivity index (χ2n) is 2.78. The predicted molar refractivity (Wildman–Crippen MR) is 54.7 cm³/mol. The molecule has 0 amide bonds. The van der Waals surface area contributed by atoms with Crippen molar-refractivity contribution in [3.05, 3.63) is 34.3 Å². The van der Waals surface area contributed by atoms with Crippen molar-refractivity contribution in [2.45, 2.75) is 12.7 Å². The van der Waals surface area contributed by atoms with Gasteiger partial charge in [-0.05, 0) is 18.6 Å². The van der Waals surface area contributed by atoms with E-state index in [1.807, 2.05) is 13.0 Å². The van der Waals surface area contributed by atoms with E-state index in [1.54, 1.807) is 12.1 Å². The highest BCUT2D eigenvalue weighted by Gasteiger charge is 2.10. The maximum Gasteiger partial charge on any atom is 0.236 e. The van der Waals surface area contributed by atoms with Gasteiger partial charge in [0.2, 0.25) is 9.05 Å². The van der Waals surface area contributed by atoms with Gasteiger partial charge in [0.15, 0.2) is 0 Å². The van der Waals surface area contributed by atoms with Crippen molar-refractivity contribution in [1.82, 2.24) is 0 Å². The van der Waals surface area contributed by atoms with Crippen LogP contribution < -0.4 is 0 Å². The summed E-state index contributed by atoms with van der Waals surface area (Å²) in [4.78, 5) is 0. The summed E-state index contributed by atoms with van der Waals surface area (Å²) < 4.78 is 21.5. The Morgan fingerprint density at radius 1 is 1.38 bits per heavy atom. The lowest BCUT2D eigenvalue weighted by Gasteiger charge is -2.02. The van der Waals surface area contributed by atoms with Gasteiger partial charge in [-0.2, -0.15) is 0 Å². The lowest BCUT2D eigenvalue weighted by Crippen LogP contribution is -1.96. The molecule has 0 aliphatic carbocycles. The summed E-state index contributed by atoms with van der Waals surface area (Å²) in [5, 5.41) is 0.426. The third-order valence-corrected chi connectivity index (χ3v) is 2.88. The molecule has 0 unspecified atom stereocenters. The van der Waals surface area contributed by atoms with Gasteiger partial charge in [-0.15, -0.1) is 0 Å². The Labute approximate surface area is 86.9 Å². The molecule has 0 atom stereocenters. The van der Waals surface area contributed by atoms with Crippen LogP contribution in [0.25, 0.3) is 0 Å². The highest BCUT2D eigenvalue weighted by Crippen LogP contribution is 2.20. The highest BCUT2D eigenvalue weighted by atomic mass is 35.7. The largest absolute Gasteiger partial charge is 0.236 e. The van der Waals surface area contributed by atoms with E-state index in [4.69, 9.17) is 22.3 Å². The molecule has 1 aromatic carbocycles. The maximum atomic E-state index is 10.8. The zero-order chi connectivity index (χ0) is 10.1. The summed E-state index contributed by atoms with van der Waals surface area (Å²) in [5.74, 6) is -0.227. The van der Waals surface area contributed by atoms with Gasteiger partial charge in [0.1, 0.15) is 0 Å². The molecule has 0 radical (unpaired) electrons. The van der Waals surface area contributed by atoms with Crippen molar-refractivity contribution in [3.8, 4) is 0 Å². The molecule has 1 rings (SSSR count). The molecule has 2 nitrogen and oxygen atoms in total. The number of hydrogen-bond acceptors (Lipinski definition) is 2. The van der Waals surface area contributed by atoms with Crippen molar-refractivity contribution in [2.24, 2.45) is 0 Å². The Morgan fingerprint density at radius 2 is 2.00 bits per heavy atom. The quantitative estimate of drug-likeness (QED) is 0.743. The first-order valence-corrected chi connectivity index (χ1v) is 6.41. The van der Waals surface area contributed by atoms with Gasteiger partial charge in [-0.1, -0.05) is 29.3 Å². The van der Waals surface area contributed by atoms with Crippen LogP contribution in [-0.2, 0) is 14.8 Å². The SMILES string of the molecule is Cc1ccc(Cl)c(CS(=O)(=O)Cl)c1. The van der Waals surface area contributed by atoms with Crippen LogP contribution in [0.2, 0.25) is 5.02 Å². The third kappa shape index (κ3) is 3.55. The summed E-state index contributed by atoms with van der Waals surface area (Å²) in [6.45, 7) is 1.86. The Balaban J connectivity index is 3.08. The van der Waals surface area contributed by atoms with Gasteiger partial charge in [0.05, 0.1) is 5.75 Å². The van der Waals surface area contributed by atoms with Gasteiger partial charge >= 0.3 is 0 Å². The molecule has 0 aromatic heterocycles. The molecule has 0 aliphatic heterocycles. The molecule has 0 bridgehead atoms. The summed E-state index contributed by atoms with van der Waals surface area (Å²) in [6, 6.07) is 5.18. The second kappa shape index (κ2) is 3.86. The van der Waals surface area contributed by atoms with Crippen LogP contribution >= 0.6 is 22.3 Å². The molecule has 5 heteroatoms. The molecule has 0 saturated heterocycles. The molecular formula is C8H8Cl2O2S. The summed E-state index contributed by atoms with van der Waals surface area (Å²) in [5.41, 5.74) is 1.50. The highest BCUT2D eigenvalue weighted by molar-refractivity contribution is 8.13. The summed E-state index contributed by atoms with van der Waals surface area (Å²) in [7, 11) is 1.58. The minimum atomic E-state index is -3.53. The lowest BCUT2D eigenvalue weighted by molar-refractivity contribution is 0.609. The van der Waals surface area contributed by atoms with E-state index in [2.05, 4.69) is 0 Å². The van der Waals surface area contributed by atoms with Crippen LogP contribution in [0.15, 0.2) is 18.2 Å². The Morgan fingerprint density at radius 3 is 2.54 bits per heavy atom. The Bertz CT molecular complexity index is 412. The number of hydrogen-bond donors (Lipinski definition) is 0. The van der Waals surface area contributed by atoms with E-state index in [9.17, 15) is 8.42 Å². The molecule has 72 valence electrons. The van der Waals surface area contributed by atoms with Crippen LogP contribution in [0, 0.1) is 6.92 Å². The van der Waals surface area contributed by atoms with Crippen LogP contribution in [0.4, 0.5) is 0 Å². The molecular weight excluding hydrogens is 231 g/mol. The standard InChI is InChI=1S/C8H8Cl2O2S/c1-6-2-3-8(9)7(4-6)5-13(10,11)12/h2-4H,5H2,1H3. The topological polar surface area (TPSA) is 34.1 Å². The van der Waals surface area contributed by atoms with E-state index in [1.165, 1.54) is 0 Å². The van der Waals surface area contributed by atoms with E-state index >= 15 is 0 Å². The molecule has 0 N–H and O–H groups in total. The van der Waals surface area contributed by atoms with Gasteiger partial charge < -0.3 is 0 Å². The number of aryl methyl sites for hydroxylation is 1.